The topological polar surface area (TPSA) is 57.2 Å². The Labute approximate surface area is 184 Å². The standard InChI is InChI=1S/C24H42O5Si/c1-16(14-25)21-18(3)22(17(2)15-27-30(8,9)24(4,5)6)29-23(28-21)19-10-12-20(26-7)13-11-19/h10-13,16-18,21-23,25H,14-15H2,1-9H3/t16-,17-,18+,21-,22+,23-/m0/s1. The maximum absolute atomic E-state index is 9.80. The highest BCUT2D eigenvalue weighted by molar-refractivity contribution is 6.74. The molecular formula is C24H42O5Si. The molecule has 1 aromatic carbocycles. The van der Waals surface area contributed by atoms with Crippen LogP contribution in [0.25, 0.3) is 0 Å². The van der Waals surface area contributed by atoms with Crippen LogP contribution in [0, 0.1) is 17.8 Å². The lowest BCUT2D eigenvalue weighted by Gasteiger charge is -2.46. The van der Waals surface area contributed by atoms with Gasteiger partial charge in [-0.25, -0.2) is 0 Å². The van der Waals surface area contributed by atoms with E-state index in [9.17, 15) is 5.11 Å². The molecule has 0 unspecified atom stereocenters. The van der Waals surface area contributed by atoms with Gasteiger partial charge in [0, 0.05) is 36.5 Å². The van der Waals surface area contributed by atoms with Crippen LogP contribution < -0.4 is 4.74 Å². The van der Waals surface area contributed by atoms with E-state index < -0.39 is 14.6 Å². The Balaban J connectivity index is 2.20. The molecule has 1 aromatic rings. The summed E-state index contributed by atoms with van der Waals surface area (Å²) in [5.41, 5.74) is 0.959. The molecule has 0 bridgehead atoms. The predicted molar refractivity (Wildman–Crippen MR) is 123 cm³/mol. The van der Waals surface area contributed by atoms with Crippen molar-refractivity contribution in [3.63, 3.8) is 0 Å². The van der Waals surface area contributed by atoms with Crippen LogP contribution in [0.15, 0.2) is 24.3 Å². The first-order chi connectivity index (χ1) is 13.9. The van der Waals surface area contributed by atoms with Crippen LogP contribution in [0.5, 0.6) is 5.75 Å². The van der Waals surface area contributed by atoms with Crippen LogP contribution in [-0.4, -0.2) is 46.0 Å². The molecule has 2 rings (SSSR count). The monoisotopic (exact) mass is 438 g/mol. The van der Waals surface area contributed by atoms with Gasteiger partial charge < -0.3 is 23.7 Å². The molecule has 0 radical (unpaired) electrons. The first kappa shape index (κ1) is 25.3. The molecule has 30 heavy (non-hydrogen) atoms. The average molecular weight is 439 g/mol. The minimum absolute atomic E-state index is 0.0189. The second-order valence-electron chi connectivity index (χ2n) is 10.4. The Kier molecular flexibility index (Phi) is 8.56. The fourth-order valence-electron chi connectivity index (χ4n) is 3.73. The number of benzene rings is 1. The summed E-state index contributed by atoms with van der Waals surface area (Å²) in [7, 11) is -0.175. The van der Waals surface area contributed by atoms with E-state index in [2.05, 4.69) is 47.7 Å². The summed E-state index contributed by atoms with van der Waals surface area (Å²) < 4.78 is 24.6. The van der Waals surface area contributed by atoms with Gasteiger partial charge in [-0.15, -0.1) is 0 Å². The molecule has 0 spiro atoms. The smallest absolute Gasteiger partial charge is 0.191 e. The molecular weight excluding hydrogens is 396 g/mol. The number of methoxy groups -OCH3 is 1. The lowest BCUT2D eigenvalue weighted by Crippen LogP contribution is -2.50. The van der Waals surface area contributed by atoms with E-state index >= 15 is 0 Å². The molecule has 172 valence electrons. The highest BCUT2D eigenvalue weighted by Crippen LogP contribution is 2.41. The fourth-order valence-corrected chi connectivity index (χ4v) is 4.84. The van der Waals surface area contributed by atoms with Gasteiger partial charge in [0.15, 0.2) is 14.6 Å². The van der Waals surface area contributed by atoms with Crippen LogP contribution in [-0.2, 0) is 13.9 Å². The van der Waals surface area contributed by atoms with Gasteiger partial charge >= 0.3 is 0 Å². The van der Waals surface area contributed by atoms with Crippen LogP contribution in [0.3, 0.4) is 0 Å². The van der Waals surface area contributed by atoms with Crippen molar-refractivity contribution in [2.75, 3.05) is 20.3 Å². The van der Waals surface area contributed by atoms with Crippen molar-refractivity contribution in [2.45, 2.75) is 78.2 Å². The third kappa shape index (κ3) is 5.86. The zero-order valence-corrected chi connectivity index (χ0v) is 21.3. The van der Waals surface area contributed by atoms with Crippen molar-refractivity contribution in [3.8, 4) is 5.75 Å². The lowest BCUT2D eigenvalue weighted by atomic mass is 9.83. The Bertz CT molecular complexity index is 655. The third-order valence-corrected chi connectivity index (χ3v) is 11.4. The van der Waals surface area contributed by atoms with Crippen LogP contribution in [0.4, 0.5) is 0 Å². The van der Waals surface area contributed by atoms with Gasteiger partial charge in [-0.1, -0.05) is 53.7 Å². The normalized spacial score (nSPS) is 27.5. The van der Waals surface area contributed by atoms with Crippen LogP contribution in [0.1, 0.15) is 53.4 Å². The first-order valence-corrected chi connectivity index (χ1v) is 14.0. The molecule has 5 nitrogen and oxygen atoms in total. The molecule has 6 atom stereocenters. The second-order valence-corrected chi connectivity index (χ2v) is 15.2. The van der Waals surface area contributed by atoms with Crippen LogP contribution >= 0.6 is 0 Å². The quantitative estimate of drug-likeness (QED) is 0.551. The molecule has 6 heteroatoms. The number of rotatable bonds is 8. The zero-order valence-electron chi connectivity index (χ0n) is 20.3. The summed E-state index contributed by atoms with van der Waals surface area (Å²) in [4.78, 5) is 0. The van der Waals surface area contributed by atoms with E-state index in [-0.39, 0.29) is 41.6 Å². The van der Waals surface area contributed by atoms with Gasteiger partial charge in [0.1, 0.15) is 5.75 Å². The molecule has 1 aliphatic rings. The van der Waals surface area contributed by atoms with Crippen molar-refractivity contribution >= 4 is 8.32 Å². The van der Waals surface area contributed by atoms with Gasteiger partial charge in [-0.05, 0) is 30.3 Å². The number of aliphatic hydroxyl groups is 1. The van der Waals surface area contributed by atoms with E-state index in [1.807, 2.05) is 31.2 Å². The number of aliphatic hydroxyl groups excluding tert-OH is 1. The zero-order chi connectivity index (χ0) is 22.7. The number of hydrogen-bond donors (Lipinski definition) is 1. The van der Waals surface area contributed by atoms with Crippen molar-refractivity contribution in [2.24, 2.45) is 17.8 Å². The molecule has 0 saturated carbocycles. The molecule has 1 fully saturated rings. The first-order valence-electron chi connectivity index (χ1n) is 11.1. The van der Waals surface area contributed by atoms with Crippen molar-refractivity contribution < 1.29 is 23.7 Å². The van der Waals surface area contributed by atoms with E-state index in [0.717, 1.165) is 11.3 Å². The Morgan fingerprint density at radius 2 is 1.57 bits per heavy atom. The van der Waals surface area contributed by atoms with E-state index in [4.69, 9.17) is 18.6 Å². The predicted octanol–water partition coefficient (Wildman–Crippen LogP) is 5.40. The Morgan fingerprint density at radius 3 is 2.03 bits per heavy atom. The third-order valence-electron chi connectivity index (χ3n) is 6.91. The molecule has 1 aliphatic heterocycles. The van der Waals surface area contributed by atoms with Crippen molar-refractivity contribution in [1.82, 2.24) is 0 Å². The minimum atomic E-state index is -1.83. The van der Waals surface area contributed by atoms with Gasteiger partial charge in [0.25, 0.3) is 0 Å². The molecule has 0 amide bonds. The molecule has 1 saturated heterocycles. The largest absolute Gasteiger partial charge is 0.497 e. The second kappa shape index (κ2) is 10.1. The summed E-state index contributed by atoms with van der Waals surface area (Å²) in [6.07, 6.45) is -0.572. The molecule has 0 aliphatic carbocycles. The summed E-state index contributed by atoms with van der Waals surface area (Å²) >= 11 is 0. The summed E-state index contributed by atoms with van der Waals surface area (Å²) in [5, 5.41) is 9.97. The highest BCUT2D eigenvalue weighted by Gasteiger charge is 2.43. The van der Waals surface area contributed by atoms with Crippen molar-refractivity contribution in [1.29, 1.82) is 0 Å². The van der Waals surface area contributed by atoms with Crippen LogP contribution in [0.2, 0.25) is 18.1 Å². The maximum atomic E-state index is 9.80. The highest BCUT2D eigenvalue weighted by atomic mass is 28.4. The number of hydrogen-bond acceptors (Lipinski definition) is 5. The van der Waals surface area contributed by atoms with E-state index in [1.165, 1.54) is 0 Å². The Morgan fingerprint density at radius 1 is 1.03 bits per heavy atom. The SMILES string of the molecule is COc1ccc([C@H]2O[C@@H]([C@@H](C)CO)[C@@H](C)[C@@H]([C@@H](C)CO[Si](C)(C)C(C)(C)C)O2)cc1. The lowest BCUT2D eigenvalue weighted by molar-refractivity contribution is -0.292. The van der Waals surface area contributed by atoms with Gasteiger partial charge in [-0.3, -0.25) is 0 Å². The summed E-state index contributed by atoms with van der Waals surface area (Å²) in [6.45, 7) is 18.5. The van der Waals surface area contributed by atoms with E-state index in [1.54, 1.807) is 7.11 Å². The minimum Gasteiger partial charge on any atom is -0.497 e. The average Bonchev–Trinajstić information content (AvgIpc) is 2.71. The van der Waals surface area contributed by atoms with Gasteiger partial charge in [0.05, 0.1) is 19.3 Å². The van der Waals surface area contributed by atoms with Gasteiger partial charge in [-0.2, -0.15) is 0 Å². The van der Waals surface area contributed by atoms with Gasteiger partial charge in [0.2, 0.25) is 0 Å². The fraction of sp³-hybridized carbons (Fsp3) is 0.750. The maximum Gasteiger partial charge on any atom is 0.191 e. The molecule has 0 aromatic heterocycles. The summed E-state index contributed by atoms with van der Waals surface area (Å²) in [6, 6.07) is 7.80. The Hall–Kier alpha value is -0.923. The van der Waals surface area contributed by atoms with Crippen molar-refractivity contribution in [3.05, 3.63) is 29.8 Å². The number of ether oxygens (including phenoxy) is 3. The molecule has 1 N–H and O–H groups in total. The molecule has 1 heterocycles. The van der Waals surface area contributed by atoms with E-state index in [0.29, 0.717) is 6.61 Å². The summed E-state index contributed by atoms with van der Waals surface area (Å²) in [5.74, 6) is 1.20.